The van der Waals surface area contributed by atoms with Crippen LogP contribution in [0.25, 0.3) is 11.1 Å². The molecule has 1 aliphatic rings. The summed E-state index contributed by atoms with van der Waals surface area (Å²) in [6.45, 7) is 8.37. The molecule has 152 valence electrons. The number of aromatic nitrogens is 1. The molecule has 2 heterocycles. The Labute approximate surface area is 165 Å². The summed E-state index contributed by atoms with van der Waals surface area (Å²) in [4.78, 5) is 34.4. The summed E-state index contributed by atoms with van der Waals surface area (Å²) in [6.07, 6.45) is 0. The van der Waals surface area contributed by atoms with Crippen LogP contribution in [0.1, 0.15) is 30.1 Å². The van der Waals surface area contributed by atoms with Crippen molar-refractivity contribution >= 4 is 23.0 Å². The van der Waals surface area contributed by atoms with Crippen molar-refractivity contribution in [3.8, 4) is 0 Å². The summed E-state index contributed by atoms with van der Waals surface area (Å²) < 4.78 is 5.83. The lowest BCUT2D eigenvalue weighted by molar-refractivity contribution is 0.0827. The topological polar surface area (TPSA) is 81.9 Å². The van der Waals surface area contributed by atoms with E-state index in [2.05, 4.69) is 29.0 Å². The Morgan fingerprint density at radius 2 is 1.93 bits per heavy atom. The summed E-state index contributed by atoms with van der Waals surface area (Å²) in [5.74, 6) is 1.01. The summed E-state index contributed by atoms with van der Waals surface area (Å²) >= 11 is 0. The van der Waals surface area contributed by atoms with Gasteiger partial charge in [-0.2, -0.15) is 0 Å². The molecule has 0 unspecified atom stereocenters. The van der Waals surface area contributed by atoms with E-state index in [0.717, 1.165) is 13.1 Å². The van der Waals surface area contributed by atoms with Gasteiger partial charge in [0.2, 0.25) is 5.89 Å². The largest absolute Gasteiger partial charge is 0.439 e. The fourth-order valence-electron chi connectivity index (χ4n) is 3.14. The first-order chi connectivity index (χ1) is 13.3. The van der Waals surface area contributed by atoms with Crippen LogP contribution in [0.5, 0.6) is 0 Å². The first kappa shape index (κ1) is 20.1. The van der Waals surface area contributed by atoms with Crippen LogP contribution in [-0.2, 0) is 6.54 Å². The molecule has 0 radical (unpaired) electrons. The lowest BCUT2D eigenvalue weighted by atomic mass is 10.2. The Kier molecular flexibility index (Phi) is 6.18. The van der Waals surface area contributed by atoms with Crippen LogP contribution < -0.4 is 5.32 Å². The van der Waals surface area contributed by atoms with E-state index in [0.29, 0.717) is 54.7 Å². The number of benzene rings is 1. The second-order valence-corrected chi connectivity index (χ2v) is 7.83. The van der Waals surface area contributed by atoms with Crippen LogP contribution in [0.4, 0.5) is 4.79 Å². The number of carbonyl (C=O) groups excluding carboxylic acids is 2. The van der Waals surface area contributed by atoms with Gasteiger partial charge in [0.15, 0.2) is 5.58 Å². The molecule has 2 aromatic rings. The van der Waals surface area contributed by atoms with Crippen LogP contribution in [-0.4, -0.2) is 78.4 Å². The Morgan fingerprint density at radius 1 is 1.21 bits per heavy atom. The second-order valence-electron chi connectivity index (χ2n) is 7.83. The number of nitrogens with zero attached hydrogens (tertiary/aromatic N) is 4. The van der Waals surface area contributed by atoms with E-state index in [1.165, 1.54) is 0 Å². The predicted octanol–water partition coefficient (Wildman–Crippen LogP) is 2.01. The molecule has 0 spiro atoms. The molecule has 1 aromatic heterocycles. The molecule has 1 saturated heterocycles. The number of urea groups is 1. The average molecular weight is 387 g/mol. The minimum absolute atomic E-state index is 0.00769. The molecular formula is C20H29N5O3. The zero-order chi connectivity index (χ0) is 20.3. The molecule has 3 rings (SSSR count). The standard InChI is InChI=1S/C20H29N5O3/c1-14(2)12-21-20(27)25-9-7-24(8-10-25)13-18-22-16-11-15(19(26)23(3)4)5-6-17(16)28-18/h5-6,11,14H,7-10,12-13H2,1-4H3,(H,21,27). The Balaban J connectivity index is 1.57. The van der Waals surface area contributed by atoms with E-state index >= 15 is 0 Å². The minimum atomic E-state index is -0.0571. The molecule has 28 heavy (non-hydrogen) atoms. The number of nitrogens with one attached hydrogen (secondary N) is 1. The molecule has 1 fully saturated rings. The third-order valence-electron chi connectivity index (χ3n) is 4.76. The Hall–Kier alpha value is -2.61. The normalized spacial score (nSPS) is 15.2. The molecule has 3 amide bonds. The molecular weight excluding hydrogens is 358 g/mol. The summed E-state index contributed by atoms with van der Waals surface area (Å²) in [5.41, 5.74) is 1.96. The highest BCUT2D eigenvalue weighted by molar-refractivity contribution is 5.96. The van der Waals surface area contributed by atoms with E-state index < -0.39 is 0 Å². The fraction of sp³-hybridized carbons (Fsp3) is 0.550. The fourth-order valence-corrected chi connectivity index (χ4v) is 3.14. The van der Waals surface area contributed by atoms with Gasteiger partial charge in [0.05, 0.1) is 6.54 Å². The van der Waals surface area contributed by atoms with Crippen molar-refractivity contribution in [1.29, 1.82) is 0 Å². The highest BCUT2D eigenvalue weighted by atomic mass is 16.3. The first-order valence-electron chi connectivity index (χ1n) is 9.69. The van der Waals surface area contributed by atoms with Crippen LogP contribution in [0.15, 0.2) is 22.6 Å². The van der Waals surface area contributed by atoms with Gasteiger partial charge in [-0.15, -0.1) is 0 Å². The predicted molar refractivity (Wildman–Crippen MR) is 107 cm³/mol. The van der Waals surface area contributed by atoms with E-state index in [-0.39, 0.29) is 11.9 Å². The van der Waals surface area contributed by atoms with Gasteiger partial charge < -0.3 is 19.5 Å². The molecule has 1 aromatic carbocycles. The number of oxazole rings is 1. The number of hydrogen-bond acceptors (Lipinski definition) is 5. The maximum absolute atomic E-state index is 12.2. The number of rotatable bonds is 5. The van der Waals surface area contributed by atoms with Crippen molar-refractivity contribution in [2.24, 2.45) is 5.92 Å². The van der Waals surface area contributed by atoms with Crippen molar-refractivity contribution < 1.29 is 14.0 Å². The maximum Gasteiger partial charge on any atom is 0.317 e. The van der Waals surface area contributed by atoms with Crippen molar-refractivity contribution in [2.75, 3.05) is 46.8 Å². The molecule has 0 atom stereocenters. The zero-order valence-corrected chi connectivity index (χ0v) is 17.1. The number of fused-ring (bicyclic) bond motifs is 1. The number of amides is 3. The Bertz CT molecular complexity index is 837. The number of carbonyl (C=O) groups is 2. The van der Waals surface area contributed by atoms with Gasteiger partial charge in [0.25, 0.3) is 5.91 Å². The molecule has 8 heteroatoms. The summed E-state index contributed by atoms with van der Waals surface area (Å²) in [7, 11) is 3.45. The Morgan fingerprint density at radius 3 is 2.57 bits per heavy atom. The highest BCUT2D eigenvalue weighted by Crippen LogP contribution is 2.19. The average Bonchev–Trinajstić information content (AvgIpc) is 3.07. The van der Waals surface area contributed by atoms with Crippen molar-refractivity contribution in [3.05, 3.63) is 29.7 Å². The van der Waals surface area contributed by atoms with Crippen LogP contribution in [0.3, 0.4) is 0 Å². The van der Waals surface area contributed by atoms with Gasteiger partial charge in [-0.3, -0.25) is 9.69 Å². The number of piperazine rings is 1. The van der Waals surface area contributed by atoms with Crippen molar-refractivity contribution in [3.63, 3.8) is 0 Å². The third kappa shape index (κ3) is 4.81. The SMILES string of the molecule is CC(C)CNC(=O)N1CCN(Cc2nc3cc(C(=O)N(C)C)ccc3o2)CC1. The lowest BCUT2D eigenvalue weighted by Gasteiger charge is -2.34. The van der Waals surface area contributed by atoms with E-state index in [4.69, 9.17) is 4.42 Å². The minimum Gasteiger partial charge on any atom is -0.439 e. The van der Waals surface area contributed by atoms with Gasteiger partial charge in [0, 0.05) is 52.4 Å². The smallest absolute Gasteiger partial charge is 0.317 e. The molecule has 0 bridgehead atoms. The van der Waals surface area contributed by atoms with E-state index in [1.54, 1.807) is 37.2 Å². The van der Waals surface area contributed by atoms with Crippen LogP contribution in [0.2, 0.25) is 0 Å². The van der Waals surface area contributed by atoms with Crippen molar-refractivity contribution in [2.45, 2.75) is 20.4 Å². The highest BCUT2D eigenvalue weighted by Gasteiger charge is 2.22. The van der Waals surface area contributed by atoms with Gasteiger partial charge in [-0.05, 0) is 24.1 Å². The monoisotopic (exact) mass is 387 g/mol. The van der Waals surface area contributed by atoms with Crippen molar-refractivity contribution in [1.82, 2.24) is 25.0 Å². The molecule has 0 aliphatic carbocycles. The molecule has 0 saturated carbocycles. The van der Waals surface area contributed by atoms with E-state index in [1.807, 2.05) is 4.90 Å². The summed E-state index contributed by atoms with van der Waals surface area (Å²) in [5, 5.41) is 2.96. The van der Waals surface area contributed by atoms with Gasteiger partial charge in [-0.1, -0.05) is 13.8 Å². The second kappa shape index (κ2) is 8.60. The van der Waals surface area contributed by atoms with Crippen LogP contribution in [0, 0.1) is 5.92 Å². The third-order valence-corrected chi connectivity index (χ3v) is 4.76. The lowest BCUT2D eigenvalue weighted by Crippen LogP contribution is -2.51. The van der Waals surface area contributed by atoms with Gasteiger partial charge in [0.1, 0.15) is 5.52 Å². The van der Waals surface area contributed by atoms with Gasteiger partial charge in [-0.25, -0.2) is 9.78 Å². The van der Waals surface area contributed by atoms with Gasteiger partial charge >= 0.3 is 6.03 Å². The molecule has 1 N–H and O–H groups in total. The first-order valence-corrected chi connectivity index (χ1v) is 9.69. The quantitative estimate of drug-likeness (QED) is 0.849. The van der Waals surface area contributed by atoms with E-state index in [9.17, 15) is 9.59 Å². The summed E-state index contributed by atoms with van der Waals surface area (Å²) in [6, 6.07) is 5.32. The van der Waals surface area contributed by atoms with Crippen LogP contribution >= 0.6 is 0 Å². The zero-order valence-electron chi connectivity index (χ0n) is 17.1. The number of hydrogen-bond donors (Lipinski definition) is 1. The molecule has 1 aliphatic heterocycles. The molecule has 8 nitrogen and oxygen atoms in total. The maximum atomic E-state index is 12.2.